The van der Waals surface area contributed by atoms with E-state index in [0.29, 0.717) is 0 Å². The zero-order valence-corrected chi connectivity index (χ0v) is 5.28. The molecule has 46 valence electrons. The van der Waals surface area contributed by atoms with Gasteiger partial charge in [0, 0.05) is 13.1 Å². The van der Waals surface area contributed by atoms with E-state index in [-0.39, 0.29) is 0 Å². The average molecular weight is 112 g/mol. The summed E-state index contributed by atoms with van der Waals surface area (Å²) in [6.45, 7) is 8.57. The standard InChI is InChI=1S/C6H12N2/c1-2-4-8-5-3-7-6-8/h7H,2-5H2,1H3. The van der Waals surface area contributed by atoms with Gasteiger partial charge in [0.2, 0.25) is 0 Å². The first kappa shape index (κ1) is 6.05. The van der Waals surface area contributed by atoms with Crippen LogP contribution in [-0.2, 0) is 0 Å². The van der Waals surface area contributed by atoms with E-state index in [2.05, 4.69) is 23.8 Å². The maximum absolute atomic E-state index is 3.04. The van der Waals surface area contributed by atoms with Crippen LogP contribution in [0.5, 0.6) is 0 Å². The Morgan fingerprint density at radius 1 is 1.75 bits per heavy atom. The third-order valence-electron chi connectivity index (χ3n) is 1.24. The lowest BCUT2D eigenvalue weighted by atomic mass is 10.4. The molecule has 1 aliphatic heterocycles. The van der Waals surface area contributed by atoms with Crippen LogP contribution in [0, 0.1) is 6.67 Å². The summed E-state index contributed by atoms with van der Waals surface area (Å²) in [6.07, 6.45) is 1.22. The quantitative estimate of drug-likeness (QED) is 0.552. The smallest absolute Gasteiger partial charge is 0.143 e. The van der Waals surface area contributed by atoms with Gasteiger partial charge in [-0.25, -0.2) is 0 Å². The second-order valence-corrected chi connectivity index (χ2v) is 2.03. The van der Waals surface area contributed by atoms with Gasteiger partial charge in [0.15, 0.2) is 0 Å². The zero-order valence-electron chi connectivity index (χ0n) is 5.28. The van der Waals surface area contributed by atoms with Crippen LogP contribution in [0.3, 0.4) is 0 Å². The van der Waals surface area contributed by atoms with Crippen molar-refractivity contribution in [2.24, 2.45) is 0 Å². The van der Waals surface area contributed by atoms with Gasteiger partial charge < -0.3 is 0 Å². The summed E-state index contributed by atoms with van der Waals surface area (Å²) in [4.78, 5) is 2.18. The Morgan fingerprint density at radius 2 is 2.62 bits per heavy atom. The third-order valence-corrected chi connectivity index (χ3v) is 1.24. The predicted molar refractivity (Wildman–Crippen MR) is 33.1 cm³/mol. The van der Waals surface area contributed by atoms with Crippen molar-refractivity contribution in [2.45, 2.75) is 13.3 Å². The third kappa shape index (κ3) is 1.46. The molecule has 0 spiro atoms. The molecule has 0 aromatic heterocycles. The Bertz CT molecular complexity index is 57.5. The average Bonchev–Trinajstić information content (AvgIpc) is 2.19. The highest BCUT2D eigenvalue weighted by Gasteiger charge is 2.09. The van der Waals surface area contributed by atoms with Crippen LogP contribution >= 0.6 is 0 Å². The number of hydrogen-bond acceptors (Lipinski definition) is 2. The molecule has 1 aliphatic rings. The highest BCUT2D eigenvalue weighted by Crippen LogP contribution is 1.96. The minimum atomic E-state index is 1.07. The summed E-state index contributed by atoms with van der Waals surface area (Å²) in [5.41, 5.74) is 0. The Kier molecular flexibility index (Phi) is 2.30. The molecule has 0 unspecified atom stereocenters. The minimum absolute atomic E-state index is 1.07. The van der Waals surface area contributed by atoms with Crippen molar-refractivity contribution in [1.29, 1.82) is 0 Å². The van der Waals surface area contributed by atoms with Gasteiger partial charge in [-0.3, -0.25) is 10.2 Å². The number of hydrogen-bond donors (Lipinski definition) is 1. The van der Waals surface area contributed by atoms with Crippen LogP contribution in [0.25, 0.3) is 0 Å². The molecule has 0 bridgehead atoms. The summed E-state index contributed by atoms with van der Waals surface area (Å²) in [5.74, 6) is 0. The molecule has 1 rings (SSSR count). The first-order chi connectivity index (χ1) is 3.93. The Labute approximate surface area is 50.9 Å². The molecule has 0 amide bonds. The Hall–Kier alpha value is -0.0800. The van der Waals surface area contributed by atoms with Crippen molar-refractivity contribution in [3.05, 3.63) is 6.67 Å². The lowest BCUT2D eigenvalue weighted by Gasteiger charge is -2.08. The summed E-state index contributed by atoms with van der Waals surface area (Å²) in [6, 6.07) is 0. The van der Waals surface area contributed by atoms with Gasteiger partial charge in [-0.15, -0.1) is 0 Å². The number of rotatable bonds is 2. The van der Waals surface area contributed by atoms with Crippen molar-refractivity contribution >= 4 is 0 Å². The van der Waals surface area contributed by atoms with E-state index in [9.17, 15) is 0 Å². The van der Waals surface area contributed by atoms with Gasteiger partial charge in [0.25, 0.3) is 0 Å². The Balaban J connectivity index is 2.06. The molecular weight excluding hydrogens is 100 g/mol. The molecule has 2 radical (unpaired) electrons. The molecule has 0 atom stereocenters. The lowest BCUT2D eigenvalue weighted by Crippen LogP contribution is -2.17. The second-order valence-electron chi connectivity index (χ2n) is 2.03. The van der Waals surface area contributed by atoms with Crippen molar-refractivity contribution in [1.82, 2.24) is 10.2 Å². The van der Waals surface area contributed by atoms with Crippen molar-refractivity contribution in [3.63, 3.8) is 0 Å². The highest BCUT2D eigenvalue weighted by atomic mass is 15.3. The highest BCUT2D eigenvalue weighted by molar-refractivity contribution is 4.74. The molecule has 8 heavy (non-hydrogen) atoms. The van der Waals surface area contributed by atoms with E-state index in [1.165, 1.54) is 6.42 Å². The molecule has 0 aromatic rings. The topological polar surface area (TPSA) is 15.3 Å². The van der Waals surface area contributed by atoms with E-state index in [4.69, 9.17) is 0 Å². The predicted octanol–water partition coefficient (Wildman–Crippen LogP) is 0.298. The van der Waals surface area contributed by atoms with Crippen LogP contribution in [0.4, 0.5) is 0 Å². The first-order valence-electron chi connectivity index (χ1n) is 3.17. The molecule has 0 aromatic carbocycles. The summed E-state index contributed by atoms with van der Waals surface area (Å²) in [5, 5.41) is 3.03. The van der Waals surface area contributed by atoms with Gasteiger partial charge >= 0.3 is 0 Å². The molecule has 1 N–H and O–H groups in total. The molecular formula is C6H12N2. The van der Waals surface area contributed by atoms with Gasteiger partial charge in [-0.1, -0.05) is 6.92 Å². The molecule has 2 nitrogen and oxygen atoms in total. The van der Waals surface area contributed by atoms with Crippen molar-refractivity contribution in [3.8, 4) is 0 Å². The van der Waals surface area contributed by atoms with E-state index in [0.717, 1.165) is 19.6 Å². The zero-order chi connectivity index (χ0) is 5.82. The fraction of sp³-hybridized carbons (Fsp3) is 0.833. The van der Waals surface area contributed by atoms with Crippen molar-refractivity contribution in [2.75, 3.05) is 19.6 Å². The number of nitrogens with zero attached hydrogens (tertiary/aromatic N) is 1. The summed E-state index contributed by atoms with van der Waals surface area (Å²) >= 11 is 0. The maximum Gasteiger partial charge on any atom is 0.143 e. The molecule has 1 saturated heterocycles. The van der Waals surface area contributed by atoms with Gasteiger partial charge in [0.1, 0.15) is 6.67 Å². The normalized spacial score (nSPS) is 22.1. The SMILES string of the molecule is CCCN1[C]NCC1. The molecule has 2 heteroatoms. The number of nitrogens with one attached hydrogen (secondary N) is 1. The largest absolute Gasteiger partial charge is 0.292 e. The van der Waals surface area contributed by atoms with E-state index in [1.807, 2.05) is 0 Å². The van der Waals surface area contributed by atoms with E-state index >= 15 is 0 Å². The van der Waals surface area contributed by atoms with Crippen LogP contribution < -0.4 is 5.32 Å². The monoisotopic (exact) mass is 112 g/mol. The van der Waals surface area contributed by atoms with Crippen LogP contribution in [0.1, 0.15) is 13.3 Å². The first-order valence-corrected chi connectivity index (χ1v) is 3.17. The van der Waals surface area contributed by atoms with Crippen molar-refractivity contribution < 1.29 is 0 Å². The van der Waals surface area contributed by atoms with Crippen LogP contribution in [0.15, 0.2) is 0 Å². The minimum Gasteiger partial charge on any atom is -0.292 e. The Morgan fingerprint density at radius 3 is 3.12 bits per heavy atom. The van der Waals surface area contributed by atoms with Crippen LogP contribution in [-0.4, -0.2) is 24.5 Å². The lowest BCUT2D eigenvalue weighted by molar-refractivity contribution is 0.387. The summed E-state index contributed by atoms with van der Waals surface area (Å²) < 4.78 is 0. The van der Waals surface area contributed by atoms with Gasteiger partial charge in [0.05, 0.1) is 0 Å². The van der Waals surface area contributed by atoms with E-state index < -0.39 is 0 Å². The summed E-state index contributed by atoms with van der Waals surface area (Å²) in [7, 11) is 0. The maximum atomic E-state index is 3.04. The molecule has 1 heterocycles. The second kappa shape index (κ2) is 3.05. The molecule has 1 fully saturated rings. The molecule has 0 aliphatic carbocycles. The molecule has 0 saturated carbocycles. The van der Waals surface area contributed by atoms with Gasteiger partial charge in [-0.05, 0) is 13.0 Å². The van der Waals surface area contributed by atoms with E-state index in [1.54, 1.807) is 0 Å². The fourth-order valence-corrected chi connectivity index (χ4v) is 0.852. The fourth-order valence-electron chi connectivity index (χ4n) is 0.852. The van der Waals surface area contributed by atoms with Gasteiger partial charge in [-0.2, -0.15) is 0 Å². The van der Waals surface area contributed by atoms with Crippen LogP contribution in [0.2, 0.25) is 0 Å².